The zero-order chi connectivity index (χ0) is 10.6. The Morgan fingerprint density at radius 3 is 2.86 bits per heavy atom. The van der Waals surface area contributed by atoms with Gasteiger partial charge in [0.05, 0.1) is 19.3 Å². The molecule has 0 aliphatic carbocycles. The lowest BCUT2D eigenvalue weighted by atomic mass is 10.1. The van der Waals surface area contributed by atoms with Crippen LogP contribution in [0.25, 0.3) is 0 Å². The van der Waals surface area contributed by atoms with Crippen molar-refractivity contribution in [2.24, 2.45) is 5.73 Å². The number of nitrogens with two attached hydrogens (primary N) is 1. The normalized spacial score (nSPS) is 26.0. The Kier molecular flexibility index (Phi) is 4.35. The maximum absolute atomic E-state index is 11.2. The minimum absolute atomic E-state index is 0.121. The second kappa shape index (κ2) is 5.32. The predicted molar refractivity (Wildman–Crippen MR) is 54.9 cm³/mol. The zero-order valence-corrected chi connectivity index (χ0v) is 9.03. The molecule has 1 fully saturated rings. The Balaban J connectivity index is 2.65. The molecular formula is C10H20N2O2. The molecular weight excluding hydrogens is 180 g/mol. The molecule has 1 heterocycles. The van der Waals surface area contributed by atoms with E-state index in [0.29, 0.717) is 12.6 Å². The molecule has 0 radical (unpaired) electrons. The summed E-state index contributed by atoms with van der Waals surface area (Å²) in [5.74, 6) is -0.215. The fourth-order valence-corrected chi connectivity index (χ4v) is 2.03. The first-order chi connectivity index (χ1) is 6.70. The van der Waals surface area contributed by atoms with Gasteiger partial charge < -0.3 is 10.5 Å². The molecule has 2 atom stereocenters. The van der Waals surface area contributed by atoms with Gasteiger partial charge in [-0.1, -0.05) is 13.8 Å². The summed E-state index contributed by atoms with van der Waals surface area (Å²) in [5, 5.41) is 0. The smallest absolute Gasteiger partial charge is 0.234 e. The summed E-state index contributed by atoms with van der Waals surface area (Å²) in [5.41, 5.74) is 5.37. The highest BCUT2D eigenvalue weighted by atomic mass is 16.5. The van der Waals surface area contributed by atoms with Crippen LogP contribution >= 0.6 is 0 Å². The molecule has 14 heavy (non-hydrogen) atoms. The quantitative estimate of drug-likeness (QED) is 0.713. The lowest BCUT2D eigenvalue weighted by molar-refractivity contribution is -0.127. The summed E-state index contributed by atoms with van der Waals surface area (Å²) in [6, 6.07) is 0.227. The molecule has 1 aliphatic rings. The first kappa shape index (κ1) is 11.5. The second-order valence-electron chi connectivity index (χ2n) is 3.70. The van der Waals surface area contributed by atoms with Crippen molar-refractivity contribution in [3.05, 3.63) is 0 Å². The van der Waals surface area contributed by atoms with Gasteiger partial charge in [0.25, 0.3) is 0 Å². The van der Waals surface area contributed by atoms with Crippen LogP contribution < -0.4 is 5.73 Å². The first-order valence-electron chi connectivity index (χ1n) is 5.33. The van der Waals surface area contributed by atoms with Crippen molar-refractivity contribution in [1.82, 2.24) is 4.90 Å². The van der Waals surface area contributed by atoms with Gasteiger partial charge in [-0.3, -0.25) is 9.69 Å². The van der Waals surface area contributed by atoms with Crippen molar-refractivity contribution in [2.75, 3.05) is 19.8 Å². The Morgan fingerprint density at radius 2 is 2.36 bits per heavy atom. The molecule has 1 amide bonds. The highest BCUT2D eigenvalue weighted by Gasteiger charge is 2.30. The van der Waals surface area contributed by atoms with Crippen LogP contribution in [0.3, 0.4) is 0 Å². The van der Waals surface area contributed by atoms with Gasteiger partial charge in [-0.05, 0) is 12.8 Å². The number of carbonyl (C=O) groups excluding carboxylic acids is 1. The highest BCUT2D eigenvalue weighted by molar-refractivity contribution is 5.79. The maximum Gasteiger partial charge on any atom is 0.234 e. The number of hydrogen-bond donors (Lipinski definition) is 1. The van der Waals surface area contributed by atoms with Gasteiger partial charge in [-0.2, -0.15) is 0 Å². The molecule has 1 aliphatic heterocycles. The minimum Gasteiger partial charge on any atom is -0.378 e. The summed E-state index contributed by atoms with van der Waals surface area (Å²) < 4.78 is 5.38. The van der Waals surface area contributed by atoms with E-state index in [0.717, 1.165) is 26.0 Å². The summed E-state index contributed by atoms with van der Waals surface area (Å²) in [4.78, 5) is 13.4. The van der Waals surface area contributed by atoms with Crippen LogP contribution in [0.1, 0.15) is 26.7 Å². The lowest BCUT2D eigenvalue weighted by Gasteiger charge is -2.39. The molecule has 0 aromatic carbocycles. The van der Waals surface area contributed by atoms with E-state index in [-0.39, 0.29) is 11.9 Å². The SMILES string of the molecule is CCC1COCCN1C(CC)C(N)=O. The first-order valence-corrected chi connectivity index (χ1v) is 5.33. The summed E-state index contributed by atoms with van der Waals surface area (Å²) in [7, 11) is 0. The third-order valence-corrected chi connectivity index (χ3v) is 2.86. The van der Waals surface area contributed by atoms with E-state index in [9.17, 15) is 4.79 Å². The molecule has 2 unspecified atom stereocenters. The van der Waals surface area contributed by atoms with Crippen LogP contribution in [0.2, 0.25) is 0 Å². The highest BCUT2D eigenvalue weighted by Crippen LogP contribution is 2.15. The van der Waals surface area contributed by atoms with Crippen molar-refractivity contribution < 1.29 is 9.53 Å². The van der Waals surface area contributed by atoms with Crippen molar-refractivity contribution in [1.29, 1.82) is 0 Å². The third-order valence-electron chi connectivity index (χ3n) is 2.86. The van der Waals surface area contributed by atoms with Gasteiger partial charge in [-0.15, -0.1) is 0 Å². The zero-order valence-electron chi connectivity index (χ0n) is 9.03. The number of amides is 1. The van der Waals surface area contributed by atoms with Crippen LogP contribution in [-0.4, -0.2) is 42.6 Å². The number of morpholine rings is 1. The van der Waals surface area contributed by atoms with Crippen LogP contribution in [0.15, 0.2) is 0 Å². The molecule has 4 nitrogen and oxygen atoms in total. The van der Waals surface area contributed by atoms with E-state index in [2.05, 4.69) is 11.8 Å². The van der Waals surface area contributed by atoms with Crippen molar-refractivity contribution >= 4 is 5.91 Å². The van der Waals surface area contributed by atoms with Crippen molar-refractivity contribution in [3.63, 3.8) is 0 Å². The van der Waals surface area contributed by atoms with Gasteiger partial charge in [0.1, 0.15) is 0 Å². The van der Waals surface area contributed by atoms with E-state index < -0.39 is 0 Å². The number of rotatable bonds is 4. The molecule has 1 saturated heterocycles. The topological polar surface area (TPSA) is 55.6 Å². The molecule has 0 aromatic rings. The second-order valence-corrected chi connectivity index (χ2v) is 3.70. The Labute approximate surface area is 85.4 Å². The average Bonchev–Trinajstić information content (AvgIpc) is 2.19. The summed E-state index contributed by atoms with van der Waals surface area (Å²) >= 11 is 0. The molecule has 82 valence electrons. The predicted octanol–water partition coefficient (Wildman–Crippen LogP) is 0.361. The molecule has 4 heteroatoms. The van der Waals surface area contributed by atoms with E-state index in [1.807, 2.05) is 6.92 Å². The molecule has 1 rings (SSSR count). The average molecular weight is 200 g/mol. The van der Waals surface area contributed by atoms with Gasteiger partial charge in [-0.25, -0.2) is 0 Å². The fourth-order valence-electron chi connectivity index (χ4n) is 2.03. The number of ether oxygens (including phenoxy) is 1. The molecule has 0 spiro atoms. The Hall–Kier alpha value is -0.610. The summed E-state index contributed by atoms with van der Waals surface area (Å²) in [6.07, 6.45) is 1.79. The van der Waals surface area contributed by atoms with E-state index in [1.165, 1.54) is 0 Å². The summed E-state index contributed by atoms with van der Waals surface area (Å²) in [6.45, 7) is 6.36. The molecule has 0 saturated carbocycles. The van der Waals surface area contributed by atoms with Gasteiger partial charge in [0.15, 0.2) is 0 Å². The monoisotopic (exact) mass is 200 g/mol. The molecule has 2 N–H and O–H groups in total. The van der Waals surface area contributed by atoms with Gasteiger partial charge >= 0.3 is 0 Å². The standard InChI is InChI=1S/C10H20N2O2/c1-3-8-7-14-6-5-12(8)9(4-2)10(11)13/h8-9H,3-7H2,1-2H3,(H2,11,13). The van der Waals surface area contributed by atoms with Gasteiger partial charge in [0.2, 0.25) is 5.91 Å². The van der Waals surface area contributed by atoms with Crippen LogP contribution in [-0.2, 0) is 9.53 Å². The largest absolute Gasteiger partial charge is 0.378 e. The number of nitrogens with zero attached hydrogens (tertiary/aromatic N) is 1. The number of hydrogen-bond acceptors (Lipinski definition) is 3. The minimum atomic E-state index is -0.215. The molecule has 0 bridgehead atoms. The Morgan fingerprint density at radius 1 is 1.64 bits per heavy atom. The van der Waals surface area contributed by atoms with E-state index in [4.69, 9.17) is 10.5 Å². The lowest BCUT2D eigenvalue weighted by Crippen LogP contribution is -2.54. The van der Waals surface area contributed by atoms with Crippen LogP contribution in [0.4, 0.5) is 0 Å². The Bertz CT molecular complexity index is 197. The van der Waals surface area contributed by atoms with E-state index >= 15 is 0 Å². The van der Waals surface area contributed by atoms with Crippen molar-refractivity contribution in [3.8, 4) is 0 Å². The fraction of sp³-hybridized carbons (Fsp3) is 0.900. The number of carbonyl (C=O) groups is 1. The third kappa shape index (κ3) is 2.45. The van der Waals surface area contributed by atoms with Gasteiger partial charge in [0, 0.05) is 12.6 Å². The molecule has 0 aromatic heterocycles. The van der Waals surface area contributed by atoms with Crippen LogP contribution in [0.5, 0.6) is 0 Å². The van der Waals surface area contributed by atoms with Crippen molar-refractivity contribution in [2.45, 2.75) is 38.8 Å². The van der Waals surface area contributed by atoms with E-state index in [1.54, 1.807) is 0 Å². The maximum atomic E-state index is 11.2. The number of primary amides is 1. The van der Waals surface area contributed by atoms with Crippen LogP contribution in [0, 0.1) is 0 Å².